The Labute approximate surface area is 126 Å². The second kappa shape index (κ2) is 5.07. The van der Waals surface area contributed by atoms with Crippen LogP contribution < -0.4 is 5.32 Å². The molecule has 1 aromatic carbocycles. The van der Waals surface area contributed by atoms with E-state index in [-0.39, 0.29) is 0 Å². The quantitative estimate of drug-likeness (QED) is 0.905. The summed E-state index contributed by atoms with van der Waals surface area (Å²) in [6, 6.07) is 5.72. The Hall–Kier alpha value is -0.910. The average Bonchev–Trinajstić information content (AvgIpc) is 3.08. The molecule has 0 radical (unpaired) electrons. The number of benzene rings is 1. The highest BCUT2D eigenvalue weighted by Gasteiger charge is 2.42. The number of rotatable bonds is 2. The molecule has 5 heteroatoms. The van der Waals surface area contributed by atoms with Crippen molar-refractivity contribution in [3.8, 4) is 0 Å². The van der Waals surface area contributed by atoms with Crippen LogP contribution in [0.1, 0.15) is 30.4 Å². The van der Waals surface area contributed by atoms with E-state index in [1.54, 1.807) is 10.4 Å². The summed E-state index contributed by atoms with van der Waals surface area (Å²) in [7, 11) is -3.32. The molecule has 2 heterocycles. The van der Waals surface area contributed by atoms with Gasteiger partial charge in [-0.3, -0.25) is 0 Å². The maximum Gasteiger partial charge on any atom is 0.243 e. The first-order valence-electron chi connectivity index (χ1n) is 7.98. The number of hydrogen-bond donors (Lipinski definition) is 1. The van der Waals surface area contributed by atoms with E-state index in [9.17, 15) is 8.42 Å². The van der Waals surface area contributed by atoms with Crippen LogP contribution in [0, 0.1) is 11.8 Å². The summed E-state index contributed by atoms with van der Waals surface area (Å²) in [5.74, 6) is 1.20. The van der Waals surface area contributed by atoms with Crippen LogP contribution in [0.5, 0.6) is 0 Å². The molecule has 2 atom stereocenters. The molecule has 0 bridgehead atoms. The molecule has 4 nitrogen and oxygen atoms in total. The van der Waals surface area contributed by atoms with Gasteiger partial charge in [0.25, 0.3) is 0 Å². The fourth-order valence-corrected chi connectivity index (χ4v) is 6.11. The van der Waals surface area contributed by atoms with Crippen molar-refractivity contribution in [3.63, 3.8) is 0 Å². The maximum atomic E-state index is 13.0. The van der Waals surface area contributed by atoms with E-state index in [0.717, 1.165) is 43.7 Å². The summed E-state index contributed by atoms with van der Waals surface area (Å²) in [6.45, 7) is 3.11. The third-order valence-electron chi connectivity index (χ3n) is 5.41. The van der Waals surface area contributed by atoms with Crippen molar-refractivity contribution < 1.29 is 8.42 Å². The molecule has 0 aromatic heterocycles. The zero-order chi connectivity index (χ0) is 14.4. The minimum absolute atomic E-state index is 0.557. The Morgan fingerprint density at radius 1 is 1.14 bits per heavy atom. The largest absolute Gasteiger partial charge is 0.312 e. The second-order valence-corrected chi connectivity index (χ2v) is 8.50. The molecule has 114 valence electrons. The zero-order valence-corrected chi connectivity index (χ0v) is 13.0. The molecule has 1 aromatic rings. The van der Waals surface area contributed by atoms with Crippen LogP contribution in [0.4, 0.5) is 0 Å². The number of nitrogens with zero attached hydrogens (tertiary/aromatic N) is 1. The van der Waals surface area contributed by atoms with E-state index in [1.165, 1.54) is 19.3 Å². The first-order chi connectivity index (χ1) is 10.2. The van der Waals surface area contributed by atoms with Crippen molar-refractivity contribution in [2.45, 2.75) is 37.1 Å². The maximum absolute atomic E-state index is 13.0. The van der Waals surface area contributed by atoms with E-state index in [1.807, 2.05) is 12.1 Å². The lowest BCUT2D eigenvalue weighted by atomic mass is 10.0. The van der Waals surface area contributed by atoms with Gasteiger partial charge >= 0.3 is 0 Å². The molecule has 0 spiro atoms. The van der Waals surface area contributed by atoms with Gasteiger partial charge in [0.05, 0.1) is 4.90 Å². The SMILES string of the molecule is O=S(=O)(c1cccc2c1CCNC2)N1CC2CCCC2C1. The molecule has 1 saturated heterocycles. The summed E-state index contributed by atoms with van der Waals surface area (Å²) in [5, 5.41) is 3.31. The number of hydrogen-bond acceptors (Lipinski definition) is 3. The second-order valence-electron chi connectivity index (χ2n) is 6.59. The van der Waals surface area contributed by atoms with Crippen molar-refractivity contribution in [3.05, 3.63) is 29.3 Å². The monoisotopic (exact) mass is 306 g/mol. The standard InChI is InChI=1S/C16H22N2O2S/c19-21(20,18-10-13-4-1-5-14(13)11-18)16-6-2-3-12-9-17-8-7-15(12)16/h2-3,6,13-14,17H,1,4-5,7-11H2. The molecule has 1 saturated carbocycles. The van der Waals surface area contributed by atoms with Gasteiger partial charge in [-0.15, -0.1) is 0 Å². The first kappa shape index (κ1) is 13.7. The molecule has 21 heavy (non-hydrogen) atoms. The van der Waals surface area contributed by atoms with Crippen LogP contribution in [0.15, 0.2) is 23.1 Å². The summed E-state index contributed by atoms with van der Waals surface area (Å²) in [5.41, 5.74) is 2.18. The molecular formula is C16H22N2O2S. The van der Waals surface area contributed by atoms with Gasteiger partial charge in [-0.1, -0.05) is 18.6 Å². The Morgan fingerprint density at radius 3 is 2.67 bits per heavy atom. The van der Waals surface area contributed by atoms with Crippen LogP contribution in [0.3, 0.4) is 0 Å². The van der Waals surface area contributed by atoms with Crippen LogP contribution in [0.2, 0.25) is 0 Å². The van der Waals surface area contributed by atoms with Gasteiger partial charge in [0.1, 0.15) is 0 Å². The topological polar surface area (TPSA) is 49.4 Å². The highest BCUT2D eigenvalue weighted by molar-refractivity contribution is 7.89. The predicted octanol–water partition coefficient (Wildman–Crippen LogP) is 1.75. The molecular weight excluding hydrogens is 284 g/mol. The van der Waals surface area contributed by atoms with Crippen molar-refractivity contribution in [1.29, 1.82) is 0 Å². The minimum atomic E-state index is -3.32. The fraction of sp³-hybridized carbons (Fsp3) is 0.625. The van der Waals surface area contributed by atoms with E-state index in [4.69, 9.17) is 0 Å². The number of nitrogens with one attached hydrogen (secondary N) is 1. The highest BCUT2D eigenvalue weighted by atomic mass is 32.2. The van der Waals surface area contributed by atoms with Gasteiger partial charge in [0, 0.05) is 19.6 Å². The van der Waals surface area contributed by atoms with Crippen LogP contribution in [0.25, 0.3) is 0 Å². The van der Waals surface area contributed by atoms with Crippen LogP contribution in [-0.2, 0) is 23.0 Å². The van der Waals surface area contributed by atoms with Crippen molar-refractivity contribution in [2.24, 2.45) is 11.8 Å². The Bertz CT molecular complexity index is 644. The Morgan fingerprint density at radius 2 is 1.90 bits per heavy atom. The number of sulfonamides is 1. The fourth-order valence-electron chi connectivity index (χ4n) is 4.27. The third-order valence-corrected chi connectivity index (χ3v) is 7.32. The van der Waals surface area contributed by atoms with E-state index in [0.29, 0.717) is 16.7 Å². The lowest BCUT2D eigenvalue weighted by Gasteiger charge is -2.23. The van der Waals surface area contributed by atoms with Gasteiger partial charge in [0.15, 0.2) is 0 Å². The molecule has 1 aliphatic carbocycles. The number of fused-ring (bicyclic) bond motifs is 2. The van der Waals surface area contributed by atoms with Gasteiger partial charge < -0.3 is 5.32 Å². The van der Waals surface area contributed by atoms with Gasteiger partial charge in [-0.05, 0) is 54.8 Å². The van der Waals surface area contributed by atoms with E-state index < -0.39 is 10.0 Å². The molecule has 2 fully saturated rings. The zero-order valence-electron chi connectivity index (χ0n) is 12.2. The molecule has 4 rings (SSSR count). The van der Waals surface area contributed by atoms with Crippen molar-refractivity contribution >= 4 is 10.0 Å². The molecule has 3 aliphatic rings. The average molecular weight is 306 g/mol. The third kappa shape index (κ3) is 2.22. The molecule has 2 aliphatic heterocycles. The summed E-state index contributed by atoms with van der Waals surface area (Å²) < 4.78 is 27.8. The van der Waals surface area contributed by atoms with E-state index in [2.05, 4.69) is 5.32 Å². The molecule has 2 unspecified atom stereocenters. The Balaban J connectivity index is 1.69. The minimum Gasteiger partial charge on any atom is -0.312 e. The van der Waals surface area contributed by atoms with Crippen LogP contribution >= 0.6 is 0 Å². The summed E-state index contributed by atoms with van der Waals surface area (Å²) in [6.07, 6.45) is 4.49. The molecule has 1 N–H and O–H groups in total. The lowest BCUT2D eigenvalue weighted by molar-refractivity contribution is 0.444. The summed E-state index contributed by atoms with van der Waals surface area (Å²) >= 11 is 0. The smallest absolute Gasteiger partial charge is 0.243 e. The first-order valence-corrected chi connectivity index (χ1v) is 9.42. The van der Waals surface area contributed by atoms with Gasteiger partial charge in [0.2, 0.25) is 10.0 Å². The van der Waals surface area contributed by atoms with Gasteiger partial charge in [-0.2, -0.15) is 4.31 Å². The highest BCUT2D eigenvalue weighted by Crippen LogP contribution is 2.40. The van der Waals surface area contributed by atoms with E-state index >= 15 is 0 Å². The lowest BCUT2D eigenvalue weighted by Crippen LogP contribution is -2.32. The molecule has 0 amide bonds. The van der Waals surface area contributed by atoms with Gasteiger partial charge in [-0.25, -0.2) is 8.42 Å². The van der Waals surface area contributed by atoms with Crippen LogP contribution in [-0.4, -0.2) is 32.4 Å². The van der Waals surface area contributed by atoms with Crippen molar-refractivity contribution in [2.75, 3.05) is 19.6 Å². The van der Waals surface area contributed by atoms with Crippen molar-refractivity contribution in [1.82, 2.24) is 9.62 Å². The summed E-state index contributed by atoms with van der Waals surface area (Å²) in [4.78, 5) is 0.557. The Kier molecular flexibility index (Phi) is 3.32. The predicted molar refractivity (Wildman–Crippen MR) is 81.4 cm³/mol. The normalized spacial score (nSPS) is 29.3.